The Bertz CT molecular complexity index is 2520. The molecule has 0 saturated carbocycles. The van der Waals surface area contributed by atoms with Gasteiger partial charge >= 0.3 is 0 Å². The zero-order chi connectivity index (χ0) is 58.6. The van der Waals surface area contributed by atoms with Gasteiger partial charge in [-0.3, -0.25) is 52.9 Å². The topological polar surface area (TPSA) is 331 Å². The van der Waals surface area contributed by atoms with Gasteiger partial charge < -0.3 is 53.4 Å². The van der Waals surface area contributed by atoms with Crippen molar-refractivity contribution >= 4 is 87.0 Å². The van der Waals surface area contributed by atoms with Crippen molar-refractivity contribution in [3.05, 3.63) is 57.8 Å². The molecular weight excluding hydrogens is 1060 g/mol. The van der Waals surface area contributed by atoms with E-state index >= 15 is 0 Å². The van der Waals surface area contributed by atoms with Crippen LogP contribution in [0.3, 0.4) is 0 Å². The van der Waals surface area contributed by atoms with Gasteiger partial charge in [0.25, 0.3) is 0 Å². The molecule has 440 valence electrons. The lowest BCUT2D eigenvalue weighted by atomic mass is 9.87. The molecule has 1 saturated heterocycles. The number of benzene rings is 1. The number of carbonyl (C=O) groups is 10. The molecule has 2 unspecified atom stereocenters. The van der Waals surface area contributed by atoms with Crippen LogP contribution in [0.4, 0.5) is 0 Å². The number of primary amides is 1. The van der Waals surface area contributed by atoms with Crippen molar-refractivity contribution in [1.29, 1.82) is 0 Å². The lowest BCUT2D eigenvalue weighted by Gasteiger charge is -2.30. The summed E-state index contributed by atoms with van der Waals surface area (Å²) < 4.78 is 0. The number of unbranched alkanes of at least 4 members (excludes halogenated alkanes) is 2. The number of Topliss-reactive ketones (excluding diaryl/α,β-unsaturated/α-hetero) is 2. The van der Waals surface area contributed by atoms with Crippen LogP contribution in [-0.2, 0) is 60.8 Å². The monoisotopic (exact) mass is 1150 g/mol. The molecule has 1 aromatic heterocycles. The quantitative estimate of drug-likeness (QED) is 0.116. The summed E-state index contributed by atoms with van der Waals surface area (Å²) in [6.45, 7) is 10.7. The minimum atomic E-state index is -1.60. The van der Waals surface area contributed by atoms with Crippen molar-refractivity contribution in [3.63, 3.8) is 0 Å². The first kappa shape index (κ1) is 64.8. The van der Waals surface area contributed by atoms with E-state index in [9.17, 15) is 53.1 Å². The number of nitrogens with one attached hydrogen (secondary N) is 6. The number of thioether (sulfide) groups is 1. The fourth-order valence-electron chi connectivity index (χ4n) is 10.2. The van der Waals surface area contributed by atoms with Gasteiger partial charge in [-0.15, -0.1) is 23.1 Å². The SMILES string of the molecule is CCCC[C@@H]1NC(=O)[C@H](CCCCN)CC(=O)C(CC(C)C)NC(=O)[C@H](CC(C)C)CC(=O)[C@@H]2CSC(=N2)c2cc(cs2)C[C@@H](C(N)=O)NC(=O)C(Cc2ccccc2)NC(=O)[C@H](CO)NC(=O)[C@H](C)NC(=O)[C@@H]2CCCN2C1=O. The summed E-state index contributed by atoms with van der Waals surface area (Å²) in [6, 6.07) is 1.23. The van der Waals surface area contributed by atoms with Crippen LogP contribution in [-0.4, -0.2) is 148 Å². The van der Waals surface area contributed by atoms with Crippen LogP contribution in [0.25, 0.3) is 0 Å². The van der Waals surface area contributed by atoms with Gasteiger partial charge in [-0.2, -0.15) is 0 Å². The number of aliphatic imine (C=N–C) groups is 1. The molecule has 80 heavy (non-hydrogen) atoms. The second-order valence-electron chi connectivity index (χ2n) is 22.2. The molecule has 4 heterocycles. The molecule has 5 rings (SSSR count). The third-order valence-corrected chi connectivity index (χ3v) is 16.8. The number of hydrogen-bond donors (Lipinski definition) is 9. The maximum Gasteiger partial charge on any atom is 0.245 e. The first-order valence-electron chi connectivity index (χ1n) is 28.2. The van der Waals surface area contributed by atoms with Crippen LogP contribution in [0.15, 0.2) is 46.8 Å². The van der Waals surface area contributed by atoms with Crippen molar-refractivity contribution in [2.45, 2.75) is 180 Å². The van der Waals surface area contributed by atoms with Crippen LogP contribution in [0.5, 0.6) is 0 Å². The second kappa shape index (κ2) is 31.8. The lowest BCUT2D eigenvalue weighted by molar-refractivity contribution is -0.143. The summed E-state index contributed by atoms with van der Waals surface area (Å²) >= 11 is 2.70. The van der Waals surface area contributed by atoms with E-state index < -0.39 is 114 Å². The van der Waals surface area contributed by atoms with E-state index in [-0.39, 0.29) is 81.3 Å². The van der Waals surface area contributed by atoms with Gasteiger partial charge in [-0.25, -0.2) is 0 Å². The van der Waals surface area contributed by atoms with Crippen LogP contribution in [0.2, 0.25) is 0 Å². The average molecular weight is 1150 g/mol. The van der Waals surface area contributed by atoms with E-state index in [1.807, 2.05) is 34.6 Å². The number of rotatable bonds is 15. The summed E-state index contributed by atoms with van der Waals surface area (Å²) in [4.78, 5) is 147. The largest absolute Gasteiger partial charge is 0.394 e. The van der Waals surface area contributed by atoms with Crippen molar-refractivity contribution in [2.75, 3.05) is 25.4 Å². The highest BCUT2D eigenvalue weighted by Crippen LogP contribution is 2.31. The zero-order valence-corrected chi connectivity index (χ0v) is 48.7. The van der Waals surface area contributed by atoms with E-state index in [1.165, 1.54) is 34.9 Å². The summed E-state index contributed by atoms with van der Waals surface area (Å²) in [5, 5.41) is 29.0. The van der Waals surface area contributed by atoms with Crippen LogP contribution in [0, 0.1) is 23.7 Å². The molecule has 10 atom stereocenters. The van der Waals surface area contributed by atoms with E-state index in [2.05, 4.69) is 31.9 Å². The number of nitrogens with two attached hydrogens (primary N) is 2. The Morgan fingerprint density at radius 2 is 1.39 bits per heavy atom. The Morgan fingerprint density at radius 1 is 0.738 bits per heavy atom. The van der Waals surface area contributed by atoms with Gasteiger partial charge in [0, 0.05) is 49.8 Å². The van der Waals surface area contributed by atoms with Gasteiger partial charge in [0.2, 0.25) is 47.3 Å². The van der Waals surface area contributed by atoms with E-state index in [1.54, 1.807) is 41.8 Å². The van der Waals surface area contributed by atoms with Crippen LogP contribution >= 0.6 is 23.1 Å². The Morgan fingerprint density at radius 3 is 2.05 bits per heavy atom. The molecule has 8 amide bonds. The molecule has 23 heteroatoms. The summed E-state index contributed by atoms with van der Waals surface area (Å²) in [5.74, 6) is -7.55. The number of ketones is 2. The number of aliphatic hydroxyl groups is 1. The number of carbonyl (C=O) groups excluding carboxylic acids is 10. The van der Waals surface area contributed by atoms with Crippen molar-refractivity contribution in [2.24, 2.45) is 40.1 Å². The van der Waals surface area contributed by atoms with E-state index in [0.29, 0.717) is 71.9 Å². The number of thiophene rings is 1. The predicted molar refractivity (Wildman–Crippen MR) is 307 cm³/mol. The molecule has 21 nitrogen and oxygen atoms in total. The first-order valence-corrected chi connectivity index (χ1v) is 30.1. The lowest BCUT2D eigenvalue weighted by Crippen LogP contribution is -2.60. The van der Waals surface area contributed by atoms with Crippen molar-refractivity contribution in [3.8, 4) is 0 Å². The fraction of sp³-hybridized carbons (Fsp3) is 0.632. The molecule has 0 spiro atoms. The van der Waals surface area contributed by atoms with Crippen molar-refractivity contribution in [1.82, 2.24) is 36.8 Å². The molecule has 2 aromatic rings. The molecule has 4 bridgehead atoms. The Labute approximate surface area is 477 Å². The third kappa shape index (κ3) is 19.3. The van der Waals surface area contributed by atoms with Crippen LogP contribution in [0.1, 0.15) is 135 Å². The highest BCUT2D eigenvalue weighted by Gasteiger charge is 2.41. The van der Waals surface area contributed by atoms with Gasteiger partial charge in [-0.05, 0) is 92.8 Å². The minimum absolute atomic E-state index is 0.0144. The highest BCUT2D eigenvalue weighted by molar-refractivity contribution is 8.15. The molecule has 11 N–H and O–H groups in total. The molecular formula is C57H84N10O11S2. The Kier molecular flexibility index (Phi) is 25.8. The van der Waals surface area contributed by atoms with Crippen LogP contribution < -0.4 is 43.4 Å². The fourth-order valence-corrected chi connectivity index (χ4v) is 12.3. The normalized spacial score (nSPS) is 26.9. The maximum absolute atomic E-state index is 14.5. The second-order valence-corrected chi connectivity index (χ2v) is 24.1. The number of fused-ring (bicyclic) bond motifs is 5. The highest BCUT2D eigenvalue weighted by atomic mass is 32.2. The average Bonchev–Trinajstić information content (AvgIpc) is 4.23. The predicted octanol–water partition coefficient (Wildman–Crippen LogP) is 2.37. The number of nitrogens with zero attached hydrogens (tertiary/aromatic N) is 2. The summed E-state index contributed by atoms with van der Waals surface area (Å²) in [6.07, 6.45) is 3.69. The van der Waals surface area contributed by atoms with Gasteiger partial charge in [0.05, 0.1) is 17.5 Å². The van der Waals surface area contributed by atoms with Gasteiger partial charge in [0.15, 0.2) is 11.6 Å². The molecule has 0 radical (unpaired) electrons. The van der Waals surface area contributed by atoms with E-state index in [0.717, 1.165) is 0 Å². The maximum atomic E-state index is 14.5. The standard InChI is InChI=1S/C57H84N10O11S2/c1-7-8-18-39-57(78)67-21-14-19-45(67)55(77)60-34(6)50(72)65-43(29-68)54(76)64-42(24-35-15-10-9-11-16-35)53(75)63-41(49(59)71)25-36-26-48(79-30-36)56-66-44(31-80-56)47(70)28-38(22-32(2)3)52(74)62-40(23-33(4)5)46(69)27-37(51(73)61-39)17-12-13-20-58/h9-11,15-16,26,30,32-34,37-45,68H,7-8,12-14,17-25,27-29,31,58H2,1-6H3,(H2,59,71)(H,60,77)(H,61,73)(H,62,74)(H,63,75)(H,64,76)(H,65,72)/t34-,37+,38+,39-,40?,41-,42?,43-,44-,45-/m0/s1. The molecule has 1 fully saturated rings. The smallest absolute Gasteiger partial charge is 0.245 e. The molecule has 0 aliphatic carbocycles. The third-order valence-electron chi connectivity index (χ3n) is 14.6. The summed E-state index contributed by atoms with van der Waals surface area (Å²) in [7, 11) is 0. The molecule has 3 aliphatic rings. The number of hydrogen-bond acceptors (Lipinski definition) is 15. The Balaban J connectivity index is 1.49. The Hall–Kier alpha value is -6.04. The molecule has 1 aromatic carbocycles. The minimum Gasteiger partial charge on any atom is -0.394 e. The molecule has 3 aliphatic heterocycles. The van der Waals surface area contributed by atoms with E-state index in [4.69, 9.17) is 16.5 Å². The first-order chi connectivity index (χ1) is 38.1. The van der Waals surface area contributed by atoms with Gasteiger partial charge in [0.1, 0.15) is 47.3 Å². The number of aliphatic hydroxyl groups excluding tert-OH is 1. The van der Waals surface area contributed by atoms with Crippen molar-refractivity contribution < 1.29 is 53.1 Å². The summed E-state index contributed by atoms with van der Waals surface area (Å²) in [5.41, 5.74) is 13.0. The van der Waals surface area contributed by atoms with Gasteiger partial charge in [-0.1, -0.05) is 84.2 Å². The number of amides is 8. The zero-order valence-electron chi connectivity index (χ0n) is 47.1.